The summed E-state index contributed by atoms with van der Waals surface area (Å²) in [5.74, 6) is 0.324. The summed E-state index contributed by atoms with van der Waals surface area (Å²) in [6, 6.07) is 9.55. The van der Waals surface area contributed by atoms with Crippen LogP contribution in [0.15, 0.2) is 42.7 Å². The quantitative estimate of drug-likeness (QED) is 0.874. The minimum absolute atomic E-state index is 0.115. The van der Waals surface area contributed by atoms with E-state index in [9.17, 15) is 4.79 Å². The van der Waals surface area contributed by atoms with Crippen LogP contribution >= 0.6 is 0 Å². The number of aromatic nitrogens is 2. The highest BCUT2D eigenvalue weighted by molar-refractivity contribution is 5.95. The highest BCUT2D eigenvalue weighted by Gasteiger charge is 2.29. The van der Waals surface area contributed by atoms with Crippen molar-refractivity contribution in [2.75, 3.05) is 5.32 Å². The minimum atomic E-state index is 0.115. The lowest BCUT2D eigenvalue weighted by molar-refractivity contribution is -0.117. The van der Waals surface area contributed by atoms with Crippen LogP contribution in [0.3, 0.4) is 0 Å². The molecule has 86 valence electrons. The van der Waals surface area contributed by atoms with Gasteiger partial charge in [-0.2, -0.15) is 5.10 Å². The maximum absolute atomic E-state index is 11.8. The number of amides is 1. The standard InChI is InChI=1S/C13H13N3O/c17-13(10-6-7-10)15-11-4-1-2-5-12(11)16-9-3-8-14-16/h1-5,8-10H,6-7H2,(H,15,17). The van der Waals surface area contributed by atoms with Gasteiger partial charge in [-0.15, -0.1) is 0 Å². The fourth-order valence-corrected chi connectivity index (χ4v) is 1.77. The third kappa shape index (κ3) is 2.06. The van der Waals surface area contributed by atoms with Crippen molar-refractivity contribution < 1.29 is 4.79 Å². The Bertz CT molecular complexity index is 529. The SMILES string of the molecule is O=C(Nc1ccccc1-n1cccn1)C1CC1. The third-order valence-corrected chi connectivity index (χ3v) is 2.86. The Kier molecular flexibility index (Phi) is 2.40. The second-order valence-electron chi connectivity index (χ2n) is 4.23. The van der Waals surface area contributed by atoms with Crippen LogP contribution in [0.2, 0.25) is 0 Å². The first kappa shape index (κ1) is 10.1. The molecule has 0 unspecified atom stereocenters. The molecule has 0 atom stereocenters. The Morgan fingerprint density at radius 3 is 2.82 bits per heavy atom. The van der Waals surface area contributed by atoms with Crippen LogP contribution in [0.1, 0.15) is 12.8 Å². The normalized spacial score (nSPS) is 14.6. The summed E-state index contributed by atoms with van der Waals surface area (Å²) in [5.41, 5.74) is 1.71. The first-order valence-electron chi connectivity index (χ1n) is 5.74. The van der Waals surface area contributed by atoms with E-state index in [2.05, 4.69) is 10.4 Å². The van der Waals surface area contributed by atoms with Gasteiger partial charge >= 0.3 is 0 Å². The second kappa shape index (κ2) is 4.05. The van der Waals surface area contributed by atoms with Crippen molar-refractivity contribution in [1.29, 1.82) is 0 Å². The van der Waals surface area contributed by atoms with E-state index in [1.165, 1.54) is 0 Å². The summed E-state index contributed by atoms with van der Waals surface area (Å²) in [6.07, 6.45) is 5.60. The molecule has 1 amide bonds. The van der Waals surface area contributed by atoms with Gasteiger partial charge in [0.2, 0.25) is 5.91 Å². The maximum atomic E-state index is 11.8. The smallest absolute Gasteiger partial charge is 0.227 e. The molecule has 2 aromatic rings. The van der Waals surface area contributed by atoms with Crippen molar-refractivity contribution in [3.63, 3.8) is 0 Å². The van der Waals surface area contributed by atoms with Gasteiger partial charge in [0.15, 0.2) is 0 Å². The molecule has 1 aliphatic rings. The molecule has 1 heterocycles. The van der Waals surface area contributed by atoms with Crippen molar-refractivity contribution >= 4 is 11.6 Å². The second-order valence-corrected chi connectivity index (χ2v) is 4.23. The van der Waals surface area contributed by atoms with Gasteiger partial charge < -0.3 is 5.32 Å². The zero-order chi connectivity index (χ0) is 11.7. The van der Waals surface area contributed by atoms with Crippen molar-refractivity contribution in [2.24, 2.45) is 5.92 Å². The number of anilines is 1. The number of benzene rings is 1. The zero-order valence-electron chi connectivity index (χ0n) is 9.34. The molecule has 3 rings (SSSR count). The molecule has 4 heteroatoms. The lowest BCUT2D eigenvalue weighted by atomic mass is 10.2. The third-order valence-electron chi connectivity index (χ3n) is 2.86. The van der Waals surface area contributed by atoms with Crippen molar-refractivity contribution in [1.82, 2.24) is 9.78 Å². The van der Waals surface area contributed by atoms with Gasteiger partial charge in [-0.1, -0.05) is 12.1 Å². The average molecular weight is 227 g/mol. The van der Waals surface area contributed by atoms with Crippen molar-refractivity contribution in [3.05, 3.63) is 42.7 Å². The maximum Gasteiger partial charge on any atom is 0.227 e. The number of para-hydroxylation sites is 2. The first-order chi connectivity index (χ1) is 8.34. The molecule has 0 saturated heterocycles. The molecule has 4 nitrogen and oxygen atoms in total. The van der Waals surface area contributed by atoms with Crippen molar-refractivity contribution in [3.8, 4) is 5.69 Å². The van der Waals surface area contributed by atoms with Gasteiger partial charge in [0.1, 0.15) is 0 Å². The van der Waals surface area contributed by atoms with Gasteiger partial charge in [-0.3, -0.25) is 4.79 Å². The van der Waals surface area contributed by atoms with Crippen LogP contribution in [0.4, 0.5) is 5.69 Å². The van der Waals surface area contributed by atoms with E-state index in [4.69, 9.17) is 0 Å². The topological polar surface area (TPSA) is 46.9 Å². The fourth-order valence-electron chi connectivity index (χ4n) is 1.77. The summed E-state index contributed by atoms with van der Waals surface area (Å²) >= 11 is 0. The van der Waals surface area contributed by atoms with Gasteiger partial charge in [0.05, 0.1) is 11.4 Å². The van der Waals surface area contributed by atoms with Crippen molar-refractivity contribution in [2.45, 2.75) is 12.8 Å². The van der Waals surface area contributed by atoms with Crippen LogP contribution in [-0.2, 0) is 4.79 Å². The number of hydrogen-bond donors (Lipinski definition) is 1. The van der Waals surface area contributed by atoms with Gasteiger partial charge in [0, 0.05) is 18.3 Å². The van der Waals surface area contributed by atoms with Crippen LogP contribution < -0.4 is 5.32 Å². The largest absolute Gasteiger partial charge is 0.324 e. The van der Waals surface area contributed by atoms with E-state index >= 15 is 0 Å². The number of hydrogen-bond acceptors (Lipinski definition) is 2. The first-order valence-corrected chi connectivity index (χ1v) is 5.74. The molecule has 0 spiro atoms. The van der Waals surface area contributed by atoms with E-state index in [1.54, 1.807) is 10.9 Å². The van der Waals surface area contributed by atoms with E-state index in [0.29, 0.717) is 0 Å². The Balaban J connectivity index is 1.90. The summed E-state index contributed by atoms with van der Waals surface area (Å²) < 4.78 is 1.75. The highest BCUT2D eigenvalue weighted by Crippen LogP contribution is 2.31. The molecule has 0 aliphatic heterocycles. The molecule has 1 saturated carbocycles. The molecular weight excluding hydrogens is 214 g/mol. The lowest BCUT2D eigenvalue weighted by Gasteiger charge is -2.10. The summed E-state index contributed by atoms with van der Waals surface area (Å²) in [6.45, 7) is 0. The number of nitrogens with one attached hydrogen (secondary N) is 1. The summed E-state index contributed by atoms with van der Waals surface area (Å²) in [5, 5.41) is 7.14. The van der Waals surface area contributed by atoms with E-state index in [-0.39, 0.29) is 11.8 Å². The van der Waals surface area contributed by atoms with Crippen LogP contribution in [0.25, 0.3) is 5.69 Å². The summed E-state index contributed by atoms with van der Waals surface area (Å²) in [4.78, 5) is 11.8. The van der Waals surface area contributed by atoms with E-state index < -0.39 is 0 Å². The average Bonchev–Trinajstić information content (AvgIpc) is 3.06. The molecule has 0 bridgehead atoms. The van der Waals surface area contributed by atoms with Crippen LogP contribution in [0, 0.1) is 5.92 Å². The molecule has 1 fully saturated rings. The lowest BCUT2D eigenvalue weighted by Crippen LogP contribution is -2.15. The molecular formula is C13H13N3O. The van der Waals surface area contributed by atoms with E-state index in [1.807, 2.05) is 36.5 Å². The number of nitrogens with zero attached hydrogens (tertiary/aromatic N) is 2. The molecule has 1 N–H and O–H groups in total. The fraction of sp³-hybridized carbons (Fsp3) is 0.231. The molecule has 1 aromatic heterocycles. The Hall–Kier alpha value is -2.10. The molecule has 17 heavy (non-hydrogen) atoms. The monoisotopic (exact) mass is 227 g/mol. The highest BCUT2D eigenvalue weighted by atomic mass is 16.2. The predicted molar refractivity (Wildman–Crippen MR) is 64.9 cm³/mol. The van der Waals surface area contributed by atoms with Gasteiger partial charge in [-0.25, -0.2) is 4.68 Å². The number of rotatable bonds is 3. The predicted octanol–water partition coefficient (Wildman–Crippen LogP) is 2.22. The zero-order valence-corrected chi connectivity index (χ0v) is 9.34. The van der Waals surface area contributed by atoms with Gasteiger partial charge in [0.25, 0.3) is 0 Å². The van der Waals surface area contributed by atoms with Crippen LogP contribution in [0.5, 0.6) is 0 Å². The van der Waals surface area contributed by atoms with Gasteiger partial charge in [-0.05, 0) is 31.0 Å². The molecule has 1 aliphatic carbocycles. The molecule has 0 radical (unpaired) electrons. The number of carbonyl (C=O) groups excluding carboxylic acids is 1. The Morgan fingerprint density at radius 1 is 1.29 bits per heavy atom. The summed E-state index contributed by atoms with van der Waals surface area (Å²) in [7, 11) is 0. The Morgan fingerprint density at radius 2 is 2.12 bits per heavy atom. The minimum Gasteiger partial charge on any atom is -0.324 e. The number of carbonyl (C=O) groups is 1. The van der Waals surface area contributed by atoms with E-state index in [0.717, 1.165) is 24.2 Å². The molecule has 1 aromatic carbocycles. The Labute approximate surface area is 99.3 Å². The van der Waals surface area contributed by atoms with Crippen LogP contribution in [-0.4, -0.2) is 15.7 Å².